The Balaban J connectivity index is 0.00000312. The normalized spacial score (nSPS) is 16.5. The molecule has 0 aromatic heterocycles. The standard InChI is InChI=1S/C18H28N4O2.HI/c1-19-18(20-10-6-3-7-11-24-2)21-13-14-12-17(23)22-16-9-5-4-8-15(14)16;/h4-5,8-9,14H,3,6-7,10-13H2,1-2H3,(H,22,23)(H2,19,20,21);1H. The van der Waals surface area contributed by atoms with Crippen molar-refractivity contribution < 1.29 is 9.53 Å². The van der Waals surface area contributed by atoms with Crippen LogP contribution in [0.15, 0.2) is 29.3 Å². The van der Waals surface area contributed by atoms with Crippen LogP contribution in [0.3, 0.4) is 0 Å². The molecular weight excluding hydrogens is 431 g/mol. The maximum absolute atomic E-state index is 11.9. The van der Waals surface area contributed by atoms with E-state index in [9.17, 15) is 4.79 Å². The second-order valence-corrected chi connectivity index (χ2v) is 5.97. The largest absolute Gasteiger partial charge is 0.385 e. The molecule has 1 heterocycles. The molecule has 140 valence electrons. The second-order valence-electron chi connectivity index (χ2n) is 5.97. The number of methoxy groups -OCH3 is 1. The van der Waals surface area contributed by atoms with E-state index in [1.54, 1.807) is 14.2 Å². The summed E-state index contributed by atoms with van der Waals surface area (Å²) in [5.41, 5.74) is 2.10. The molecule has 1 unspecified atom stereocenters. The SMILES string of the molecule is CN=C(NCCCCCOC)NCC1CC(=O)Nc2ccccc21.I. The van der Waals surface area contributed by atoms with Crippen LogP contribution in [0.5, 0.6) is 0 Å². The fourth-order valence-electron chi connectivity index (χ4n) is 2.88. The first kappa shape index (κ1) is 21.7. The topological polar surface area (TPSA) is 74.8 Å². The summed E-state index contributed by atoms with van der Waals surface area (Å²) in [6.07, 6.45) is 3.79. The number of amides is 1. The summed E-state index contributed by atoms with van der Waals surface area (Å²) in [6, 6.07) is 7.98. The number of carbonyl (C=O) groups excluding carboxylic acids is 1. The quantitative estimate of drug-likeness (QED) is 0.242. The molecule has 1 aliphatic heterocycles. The van der Waals surface area contributed by atoms with Crippen molar-refractivity contribution in [2.24, 2.45) is 4.99 Å². The molecule has 0 aliphatic carbocycles. The zero-order chi connectivity index (χ0) is 17.2. The van der Waals surface area contributed by atoms with Crippen molar-refractivity contribution in [3.63, 3.8) is 0 Å². The first-order valence-corrected chi connectivity index (χ1v) is 8.57. The highest BCUT2D eigenvalue weighted by molar-refractivity contribution is 14.0. The van der Waals surface area contributed by atoms with Gasteiger partial charge in [0.1, 0.15) is 0 Å². The van der Waals surface area contributed by atoms with E-state index in [0.29, 0.717) is 13.0 Å². The number of hydrogen-bond acceptors (Lipinski definition) is 3. The number of nitrogens with one attached hydrogen (secondary N) is 3. The number of aliphatic imine (C=N–C) groups is 1. The lowest BCUT2D eigenvalue weighted by atomic mass is 9.90. The van der Waals surface area contributed by atoms with Crippen LogP contribution in [0, 0.1) is 0 Å². The number of anilines is 1. The molecule has 0 bridgehead atoms. The summed E-state index contributed by atoms with van der Waals surface area (Å²) < 4.78 is 5.04. The second kappa shape index (κ2) is 12.1. The van der Waals surface area contributed by atoms with Gasteiger partial charge in [0.15, 0.2) is 5.96 Å². The van der Waals surface area contributed by atoms with Gasteiger partial charge in [0.05, 0.1) is 0 Å². The molecule has 1 atom stereocenters. The van der Waals surface area contributed by atoms with Gasteiger partial charge < -0.3 is 20.7 Å². The number of rotatable bonds is 8. The summed E-state index contributed by atoms with van der Waals surface area (Å²) in [5, 5.41) is 9.58. The average molecular weight is 460 g/mol. The molecule has 0 saturated carbocycles. The number of guanidine groups is 1. The molecule has 2 rings (SSSR count). The zero-order valence-electron chi connectivity index (χ0n) is 15.0. The number of unbranched alkanes of at least 4 members (excludes halogenated alkanes) is 2. The van der Waals surface area contributed by atoms with Crippen molar-refractivity contribution in [3.8, 4) is 0 Å². The lowest BCUT2D eigenvalue weighted by molar-refractivity contribution is -0.116. The first-order chi connectivity index (χ1) is 11.7. The third kappa shape index (κ3) is 7.19. The number of nitrogens with zero attached hydrogens (tertiary/aromatic N) is 1. The van der Waals surface area contributed by atoms with E-state index in [0.717, 1.165) is 44.1 Å². The minimum atomic E-state index is 0. The highest BCUT2D eigenvalue weighted by atomic mass is 127. The Morgan fingerprint density at radius 2 is 2.08 bits per heavy atom. The Kier molecular flexibility index (Phi) is 10.5. The molecule has 25 heavy (non-hydrogen) atoms. The summed E-state index contributed by atoms with van der Waals surface area (Å²) in [6.45, 7) is 2.38. The monoisotopic (exact) mass is 460 g/mol. The molecule has 0 fully saturated rings. The van der Waals surface area contributed by atoms with Crippen molar-refractivity contribution in [1.82, 2.24) is 10.6 Å². The van der Waals surface area contributed by atoms with E-state index < -0.39 is 0 Å². The molecule has 0 spiro atoms. The zero-order valence-corrected chi connectivity index (χ0v) is 17.3. The van der Waals surface area contributed by atoms with Gasteiger partial charge in [-0.2, -0.15) is 0 Å². The molecule has 6 nitrogen and oxygen atoms in total. The van der Waals surface area contributed by atoms with Gasteiger partial charge in [0.2, 0.25) is 5.91 Å². The molecule has 1 aliphatic rings. The van der Waals surface area contributed by atoms with Gasteiger partial charge in [-0.05, 0) is 30.9 Å². The van der Waals surface area contributed by atoms with Gasteiger partial charge in [-0.15, -0.1) is 24.0 Å². The smallest absolute Gasteiger partial charge is 0.225 e. The number of para-hydroxylation sites is 1. The summed E-state index contributed by atoms with van der Waals surface area (Å²) in [4.78, 5) is 16.1. The number of benzene rings is 1. The summed E-state index contributed by atoms with van der Waals surface area (Å²) >= 11 is 0. The van der Waals surface area contributed by atoms with Gasteiger partial charge in [-0.3, -0.25) is 9.79 Å². The van der Waals surface area contributed by atoms with Gasteiger partial charge in [0, 0.05) is 51.9 Å². The summed E-state index contributed by atoms with van der Waals surface area (Å²) in [7, 11) is 3.50. The maximum Gasteiger partial charge on any atom is 0.225 e. The molecule has 0 saturated heterocycles. The van der Waals surface area contributed by atoms with Crippen molar-refractivity contribution >= 4 is 41.5 Å². The minimum Gasteiger partial charge on any atom is -0.385 e. The number of carbonyl (C=O) groups is 1. The molecule has 1 amide bonds. The Morgan fingerprint density at radius 1 is 1.28 bits per heavy atom. The van der Waals surface area contributed by atoms with Gasteiger partial charge >= 0.3 is 0 Å². The van der Waals surface area contributed by atoms with Crippen LogP contribution in [0.4, 0.5) is 5.69 Å². The van der Waals surface area contributed by atoms with Crippen LogP contribution in [-0.2, 0) is 9.53 Å². The number of halogens is 1. The molecule has 1 aromatic rings. The van der Waals surface area contributed by atoms with E-state index in [2.05, 4.69) is 27.0 Å². The van der Waals surface area contributed by atoms with Crippen LogP contribution in [0.2, 0.25) is 0 Å². The van der Waals surface area contributed by atoms with Crippen molar-refractivity contribution in [2.45, 2.75) is 31.6 Å². The first-order valence-electron chi connectivity index (χ1n) is 8.57. The molecule has 7 heteroatoms. The summed E-state index contributed by atoms with van der Waals surface area (Å²) in [5.74, 6) is 1.02. The molecular formula is C18H29IN4O2. The third-order valence-corrected chi connectivity index (χ3v) is 4.16. The van der Waals surface area contributed by atoms with E-state index in [-0.39, 0.29) is 35.8 Å². The van der Waals surface area contributed by atoms with E-state index in [1.807, 2.05) is 18.2 Å². The van der Waals surface area contributed by atoms with Crippen LogP contribution in [0.1, 0.15) is 37.2 Å². The Morgan fingerprint density at radius 3 is 2.84 bits per heavy atom. The Hall–Kier alpha value is -1.35. The fraction of sp³-hybridized carbons (Fsp3) is 0.556. The maximum atomic E-state index is 11.9. The lowest BCUT2D eigenvalue weighted by Crippen LogP contribution is -2.41. The van der Waals surface area contributed by atoms with Crippen LogP contribution in [-0.4, -0.2) is 45.7 Å². The highest BCUT2D eigenvalue weighted by Crippen LogP contribution is 2.31. The lowest BCUT2D eigenvalue weighted by Gasteiger charge is -2.26. The highest BCUT2D eigenvalue weighted by Gasteiger charge is 2.24. The number of fused-ring (bicyclic) bond motifs is 1. The molecule has 1 aromatic carbocycles. The Labute approximate surface area is 167 Å². The van der Waals surface area contributed by atoms with Crippen molar-refractivity contribution in [2.75, 3.05) is 39.2 Å². The van der Waals surface area contributed by atoms with Crippen LogP contribution < -0.4 is 16.0 Å². The van der Waals surface area contributed by atoms with Gasteiger partial charge in [-0.1, -0.05) is 18.2 Å². The average Bonchev–Trinajstić information content (AvgIpc) is 2.60. The molecule has 3 N–H and O–H groups in total. The van der Waals surface area contributed by atoms with E-state index >= 15 is 0 Å². The van der Waals surface area contributed by atoms with Gasteiger partial charge in [-0.25, -0.2) is 0 Å². The predicted molar refractivity (Wildman–Crippen MR) is 113 cm³/mol. The Bertz CT molecular complexity index is 566. The third-order valence-electron chi connectivity index (χ3n) is 4.16. The van der Waals surface area contributed by atoms with E-state index in [4.69, 9.17) is 4.74 Å². The predicted octanol–water partition coefficient (Wildman–Crippen LogP) is 2.71. The van der Waals surface area contributed by atoms with Gasteiger partial charge in [0.25, 0.3) is 0 Å². The van der Waals surface area contributed by atoms with Crippen LogP contribution in [0.25, 0.3) is 0 Å². The van der Waals surface area contributed by atoms with E-state index in [1.165, 1.54) is 5.56 Å². The minimum absolute atomic E-state index is 0. The number of hydrogen-bond donors (Lipinski definition) is 3. The molecule has 0 radical (unpaired) electrons. The van der Waals surface area contributed by atoms with Crippen molar-refractivity contribution in [1.29, 1.82) is 0 Å². The van der Waals surface area contributed by atoms with Crippen LogP contribution >= 0.6 is 24.0 Å². The van der Waals surface area contributed by atoms with Crippen molar-refractivity contribution in [3.05, 3.63) is 29.8 Å². The fourth-order valence-corrected chi connectivity index (χ4v) is 2.88. The number of ether oxygens (including phenoxy) is 1.